The van der Waals surface area contributed by atoms with Gasteiger partial charge in [0.2, 0.25) is 0 Å². The summed E-state index contributed by atoms with van der Waals surface area (Å²) >= 11 is 6.26. The number of rotatable bonds is 6. The molecule has 108 valence electrons. The van der Waals surface area contributed by atoms with E-state index in [2.05, 4.69) is 22.3 Å². The van der Waals surface area contributed by atoms with E-state index in [-0.39, 0.29) is 0 Å². The van der Waals surface area contributed by atoms with Crippen LogP contribution in [0.25, 0.3) is 0 Å². The highest BCUT2D eigenvalue weighted by atomic mass is 35.5. The number of anilines is 2. The molecule has 1 aromatic heterocycles. The van der Waals surface area contributed by atoms with Gasteiger partial charge in [0, 0.05) is 26.7 Å². The molecule has 0 aliphatic rings. The second-order valence-electron chi connectivity index (χ2n) is 5.02. The largest absolute Gasteiger partial charge is 0.381 e. The molecule has 6 heteroatoms. The molecule has 1 aromatic carbocycles. The molecular formula is C14H20ClN5. The number of hydrogen-bond donors (Lipinski definition) is 1. The van der Waals surface area contributed by atoms with Crippen molar-refractivity contribution in [1.29, 1.82) is 0 Å². The quantitative estimate of drug-likeness (QED) is 0.889. The Labute approximate surface area is 124 Å². The van der Waals surface area contributed by atoms with Gasteiger partial charge in [-0.15, -0.1) is 0 Å². The lowest BCUT2D eigenvalue weighted by Gasteiger charge is -2.23. The van der Waals surface area contributed by atoms with E-state index in [9.17, 15) is 0 Å². The summed E-state index contributed by atoms with van der Waals surface area (Å²) in [6, 6.07) is 6.23. The molecule has 0 saturated heterocycles. The van der Waals surface area contributed by atoms with E-state index in [1.807, 2.05) is 41.9 Å². The first-order chi connectivity index (χ1) is 9.58. The number of nitrogens with zero attached hydrogens (tertiary/aromatic N) is 4. The first-order valence-corrected chi connectivity index (χ1v) is 7.00. The zero-order chi connectivity index (χ0) is 14.5. The van der Waals surface area contributed by atoms with Crippen LogP contribution in [0.4, 0.5) is 11.4 Å². The van der Waals surface area contributed by atoms with Crippen molar-refractivity contribution in [3.63, 3.8) is 0 Å². The highest BCUT2D eigenvalue weighted by molar-refractivity contribution is 6.34. The normalized spacial score (nSPS) is 12.2. The van der Waals surface area contributed by atoms with Crippen molar-refractivity contribution >= 4 is 23.0 Å². The van der Waals surface area contributed by atoms with Crippen molar-refractivity contribution in [2.75, 3.05) is 24.3 Å². The Balaban J connectivity index is 2.00. The van der Waals surface area contributed by atoms with Crippen molar-refractivity contribution < 1.29 is 0 Å². The van der Waals surface area contributed by atoms with Gasteiger partial charge in [-0.3, -0.25) is 4.68 Å². The molecular weight excluding hydrogens is 274 g/mol. The van der Waals surface area contributed by atoms with Gasteiger partial charge in [0.1, 0.15) is 12.7 Å². The number of benzene rings is 1. The summed E-state index contributed by atoms with van der Waals surface area (Å²) in [5.41, 5.74) is 2.07. The third-order valence-electron chi connectivity index (χ3n) is 3.09. The Kier molecular flexibility index (Phi) is 4.84. The topological polar surface area (TPSA) is 46.0 Å². The minimum atomic E-state index is 0.316. The molecule has 1 N–H and O–H groups in total. The molecule has 5 nitrogen and oxygen atoms in total. The van der Waals surface area contributed by atoms with E-state index in [1.165, 1.54) is 0 Å². The fourth-order valence-corrected chi connectivity index (χ4v) is 2.44. The summed E-state index contributed by atoms with van der Waals surface area (Å²) in [7, 11) is 3.99. The third-order valence-corrected chi connectivity index (χ3v) is 3.40. The third kappa shape index (κ3) is 3.63. The molecule has 0 aliphatic carbocycles. The summed E-state index contributed by atoms with van der Waals surface area (Å²) in [5, 5.41) is 8.36. The van der Waals surface area contributed by atoms with Gasteiger partial charge >= 0.3 is 0 Å². The fourth-order valence-electron chi connectivity index (χ4n) is 2.10. The van der Waals surface area contributed by atoms with E-state index in [1.54, 1.807) is 12.7 Å². The number of aromatic nitrogens is 3. The standard InChI is InChI=1S/C14H20ClN5/c1-11(7-8-20-10-16-9-17-20)18-13-6-4-5-12(15)14(13)19(2)3/h4-6,9-11,18H,7-8H2,1-3H3/t11-/m0/s1. The Morgan fingerprint density at radius 3 is 2.85 bits per heavy atom. The first-order valence-electron chi connectivity index (χ1n) is 6.62. The molecule has 1 atom stereocenters. The molecule has 2 rings (SSSR count). The number of para-hydroxylation sites is 1. The van der Waals surface area contributed by atoms with Gasteiger partial charge in [-0.05, 0) is 25.5 Å². The second kappa shape index (κ2) is 6.61. The van der Waals surface area contributed by atoms with Gasteiger partial charge in [0.05, 0.1) is 16.4 Å². The fraction of sp³-hybridized carbons (Fsp3) is 0.429. The van der Waals surface area contributed by atoms with Gasteiger partial charge in [0.15, 0.2) is 0 Å². The summed E-state index contributed by atoms with van der Waals surface area (Å²) < 4.78 is 1.84. The molecule has 20 heavy (non-hydrogen) atoms. The van der Waals surface area contributed by atoms with Crippen LogP contribution in [0.1, 0.15) is 13.3 Å². The molecule has 0 spiro atoms. The predicted molar refractivity (Wildman–Crippen MR) is 83.5 cm³/mol. The Hall–Kier alpha value is -1.75. The van der Waals surface area contributed by atoms with Crippen molar-refractivity contribution in [1.82, 2.24) is 14.8 Å². The average molecular weight is 294 g/mol. The smallest absolute Gasteiger partial charge is 0.137 e. The van der Waals surface area contributed by atoms with Gasteiger partial charge < -0.3 is 10.2 Å². The number of nitrogens with one attached hydrogen (secondary N) is 1. The van der Waals surface area contributed by atoms with Crippen LogP contribution in [0.2, 0.25) is 5.02 Å². The van der Waals surface area contributed by atoms with Crippen LogP contribution in [-0.2, 0) is 6.54 Å². The molecule has 0 bridgehead atoms. The highest BCUT2D eigenvalue weighted by Crippen LogP contribution is 2.32. The van der Waals surface area contributed by atoms with Crippen LogP contribution in [0.15, 0.2) is 30.9 Å². The Morgan fingerprint density at radius 1 is 1.40 bits per heavy atom. The van der Waals surface area contributed by atoms with Crippen LogP contribution in [-0.4, -0.2) is 34.9 Å². The lowest BCUT2D eigenvalue weighted by atomic mass is 10.2. The number of halogens is 1. The maximum atomic E-state index is 6.26. The first kappa shape index (κ1) is 14.7. The summed E-state index contributed by atoms with van der Waals surface area (Å²) in [6.45, 7) is 2.99. The van der Waals surface area contributed by atoms with Gasteiger partial charge in [-0.25, -0.2) is 4.98 Å². The zero-order valence-corrected chi connectivity index (χ0v) is 12.8. The molecule has 0 radical (unpaired) electrons. The molecule has 0 fully saturated rings. The van der Waals surface area contributed by atoms with Crippen LogP contribution in [0.3, 0.4) is 0 Å². The molecule has 2 aromatic rings. The number of aryl methyl sites for hydroxylation is 1. The van der Waals surface area contributed by atoms with Gasteiger partial charge in [0.25, 0.3) is 0 Å². The van der Waals surface area contributed by atoms with E-state index < -0.39 is 0 Å². The van der Waals surface area contributed by atoms with Gasteiger partial charge in [-0.1, -0.05) is 17.7 Å². The van der Waals surface area contributed by atoms with E-state index >= 15 is 0 Å². The van der Waals surface area contributed by atoms with Crippen LogP contribution < -0.4 is 10.2 Å². The van der Waals surface area contributed by atoms with Crippen LogP contribution in [0, 0.1) is 0 Å². The van der Waals surface area contributed by atoms with Crippen molar-refractivity contribution in [3.8, 4) is 0 Å². The summed E-state index contributed by atoms with van der Waals surface area (Å²) in [5.74, 6) is 0. The summed E-state index contributed by atoms with van der Waals surface area (Å²) in [4.78, 5) is 5.96. The van der Waals surface area contributed by atoms with Gasteiger partial charge in [-0.2, -0.15) is 5.10 Å². The molecule has 1 heterocycles. The molecule has 0 saturated carbocycles. The number of hydrogen-bond acceptors (Lipinski definition) is 4. The van der Waals surface area contributed by atoms with Crippen LogP contribution >= 0.6 is 11.6 Å². The van der Waals surface area contributed by atoms with Crippen molar-refractivity contribution in [2.45, 2.75) is 25.9 Å². The SMILES string of the molecule is C[C@@H](CCn1cncn1)Nc1cccc(Cl)c1N(C)C. The van der Waals surface area contributed by atoms with E-state index in [4.69, 9.17) is 11.6 Å². The molecule has 0 aliphatic heterocycles. The highest BCUT2D eigenvalue weighted by Gasteiger charge is 2.11. The van der Waals surface area contributed by atoms with E-state index in [0.29, 0.717) is 6.04 Å². The predicted octanol–water partition coefficient (Wildman–Crippen LogP) is 2.89. The average Bonchev–Trinajstić information content (AvgIpc) is 2.89. The second-order valence-corrected chi connectivity index (χ2v) is 5.43. The molecule has 0 unspecified atom stereocenters. The lowest BCUT2D eigenvalue weighted by Crippen LogP contribution is -2.20. The maximum absolute atomic E-state index is 6.26. The van der Waals surface area contributed by atoms with E-state index in [0.717, 1.165) is 29.4 Å². The minimum absolute atomic E-state index is 0.316. The summed E-state index contributed by atoms with van der Waals surface area (Å²) in [6.07, 6.45) is 4.25. The van der Waals surface area contributed by atoms with Crippen molar-refractivity contribution in [2.24, 2.45) is 0 Å². The monoisotopic (exact) mass is 293 g/mol. The van der Waals surface area contributed by atoms with Crippen LogP contribution in [0.5, 0.6) is 0 Å². The molecule has 0 amide bonds. The Morgan fingerprint density at radius 2 is 2.20 bits per heavy atom. The lowest BCUT2D eigenvalue weighted by molar-refractivity contribution is 0.544. The minimum Gasteiger partial charge on any atom is -0.381 e. The zero-order valence-electron chi connectivity index (χ0n) is 12.0. The maximum Gasteiger partial charge on any atom is 0.137 e. The Bertz CT molecular complexity index is 539. The van der Waals surface area contributed by atoms with Crippen molar-refractivity contribution in [3.05, 3.63) is 35.9 Å².